The van der Waals surface area contributed by atoms with Gasteiger partial charge in [0.2, 0.25) is 6.08 Å². The van der Waals surface area contributed by atoms with Gasteiger partial charge in [-0.15, -0.1) is 0 Å². The molecule has 1 atom stereocenters. The van der Waals surface area contributed by atoms with Crippen LogP contribution in [0.4, 0.5) is 0 Å². The number of nitriles is 1. The zero-order valence-corrected chi connectivity index (χ0v) is 5.79. The smallest absolute Gasteiger partial charge is 0.211 e. The van der Waals surface area contributed by atoms with Crippen LogP contribution in [0.5, 0.6) is 0 Å². The number of rotatable bonds is 2. The molecule has 0 N–H and O–H groups in total. The minimum absolute atomic E-state index is 0.291. The summed E-state index contributed by atoms with van der Waals surface area (Å²) in [6.07, 6.45) is 3.45. The third kappa shape index (κ3) is 1.07. The highest BCUT2D eigenvalue weighted by atomic mass is 16.1. The first-order valence-electron chi connectivity index (χ1n) is 3.23. The Hall–Kier alpha value is -1.13. The Morgan fingerprint density at radius 1 is 1.70 bits per heavy atom. The SMILES string of the molecule is CC(C#N)(N=C=O)C1CC1. The van der Waals surface area contributed by atoms with Gasteiger partial charge >= 0.3 is 0 Å². The molecule has 0 aromatic heterocycles. The van der Waals surface area contributed by atoms with Gasteiger partial charge in [-0.25, -0.2) is 4.79 Å². The number of hydrogen-bond acceptors (Lipinski definition) is 3. The third-order valence-corrected chi connectivity index (χ3v) is 1.88. The lowest BCUT2D eigenvalue weighted by Gasteiger charge is -2.10. The standard InChI is InChI=1S/C7H8N2O/c1-7(4-8,9-5-10)6-2-3-6/h6H,2-3H2,1H3. The van der Waals surface area contributed by atoms with E-state index in [1.807, 2.05) is 6.07 Å². The van der Waals surface area contributed by atoms with Gasteiger partial charge in [0, 0.05) is 0 Å². The average Bonchev–Trinajstić information content (AvgIpc) is 2.69. The summed E-state index contributed by atoms with van der Waals surface area (Å²) in [7, 11) is 0. The molecule has 0 heterocycles. The van der Waals surface area contributed by atoms with E-state index in [4.69, 9.17) is 5.26 Å². The highest BCUT2D eigenvalue weighted by Crippen LogP contribution is 2.41. The largest absolute Gasteiger partial charge is 0.236 e. The van der Waals surface area contributed by atoms with Gasteiger partial charge in [-0.1, -0.05) is 0 Å². The topological polar surface area (TPSA) is 53.2 Å². The van der Waals surface area contributed by atoms with Crippen molar-refractivity contribution in [3.8, 4) is 6.07 Å². The molecule has 1 saturated carbocycles. The van der Waals surface area contributed by atoms with E-state index in [0.717, 1.165) is 12.8 Å². The fourth-order valence-electron chi connectivity index (χ4n) is 0.948. The van der Waals surface area contributed by atoms with E-state index in [1.54, 1.807) is 6.92 Å². The number of hydrogen-bond donors (Lipinski definition) is 0. The number of isocyanates is 1. The molecule has 10 heavy (non-hydrogen) atoms. The molecule has 0 bridgehead atoms. The van der Waals surface area contributed by atoms with Crippen LogP contribution in [-0.4, -0.2) is 11.6 Å². The fraction of sp³-hybridized carbons (Fsp3) is 0.714. The van der Waals surface area contributed by atoms with Crippen molar-refractivity contribution in [2.45, 2.75) is 25.3 Å². The van der Waals surface area contributed by atoms with Crippen LogP contribution in [0.15, 0.2) is 4.99 Å². The van der Waals surface area contributed by atoms with E-state index in [0.29, 0.717) is 5.92 Å². The van der Waals surface area contributed by atoms with Crippen molar-refractivity contribution in [2.75, 3.05) is 0 Å². The summed E-state index contributed by atoms with van der Waals surface area (Å²) in [6, 6.07) is 2.01. The minimum atomic E-state index is -0.790. The van der Waals surface area contributed by atoms with Gasteiger partial charge in [0.1, 0.15) is 0 Å². The molecule has 0 amide bonds. The normalized spacial score (nSPS) is 22.0. The number of aliphatic imine (C=N–C) groups is 1. The van der Waals surface area contributed by atoms with Crippen LogP contribution in [0.1, 0.15) is 19.8 Å². The average molecular weight is 136 g/mol. The van der Waals surface area contributed by atoms with Crippen LogP contribution in [-0.2, 0) is 4.79 Å². The summed E-state index contributed by atoms with van der Waals surface area (Å²) in [6.45, 7) is 1.68. The quantitative estimate of drug-likeness (QED) is 0.420. The van der Waals surface area contributed by atoms with E-state index >= 15 is 0 Å². The maximum absolute atomic E-state index is 9.87. The lowest BCUT2D eigenvalue weighted by molar-refractivity contribution is 0.506. The third-order valence-electron chi connectivity index (χ3n) is 1.88. The molecule has 1 unspecified atom stereocenters. The van der Waals surface area contributed by atoms with Crippen LogP contribution in [0, 0.1) is 17.2 Å². The Morgan fingerprint density at radius 3 is 2.60 bits per heavy atom. The molecule has 1 aliphatic carbocycles. The zero-order chi connectivity index (χ0) is 7.61. The summed E-state index contributed by atoms with van der Waals surface area (Å²) >= 11 is 0. The fourth-order valence-corrected chi connectivity index (χ4v) is 0.948. The molecular formula is C7H8N2O. The van der Waals surface area contributed by atoms with Gasteiger partial charge in [-0.05, 0) is 25.7 Å². The van der Waals surface area contributed by atoms with Crippen LogP contribution in [0.3, 0.4) is 0 Å². The van der Waals surface area contributed by atoms with Crippen molar-refractivity contribution in [1.29, 1.82) is 5.26 Å². The first-order chi connectivity index (χ1) is 4.73. The van der Waals surface area contributed by atoms with E-state index in [1.165, 1.54) is 6.08 Å². The molecule has 1 fully saturated rings. The lowest BCUT2D eigenvalue weighted by atomic mass is 9.99. The van der Waals surface area contributed by atoms with Gasteiger partial charge in [0.25, 0.3) is 0 Å². The molecule has 0 spiro atoms. The van der Waals surface area contributed by atoms with Crippen molar-refractivity contribution < 1.29 is 4.79 Å². The Morgan fingerprint density at radius 2 is 2.30 bits per heavy atom. The second kappa shape index (κ2) is 2.24. The molecule has 0 radical (unpaired) electrons. The predicted molar refractivity (Wildman–Crippen MR) is 34.9 cm³/mol. The van der Waals surface area contributed by atoms with Crippen LogP contribution in [0.2, 0.25) is 0 Å². The zero-order valence-electron chi connectivity index (χ0n) is 5.79. The summed E-state index contributed by atoms with van der Waals surface area (Å²) in [5.41, 5.74) is -0.790. The van der Waals surface area contributed by atoms with Crippen molar-refractivity contribution in [3.05, 3.63) is 0 Å². The lowest BCUT2D eigenvalue weighted by Crippen LogP contribution is -2.21. The van der Waals surface area contributed by atoms with Gasteiger partial charge in [-0.3, -0.25) is 0 Å². The Labute approximate surface area is 59.4 Å². The minimum Gasteiger partial charge on any atom is -0.211 e. The summed E-state index contributed by atoms with van der Waals surface area (Å²) in [5, 5.41) is 8.60. The second-order valence-electron chi connectivity index (χ2n) is 2.74. The van der Waals surface area contributed by atoms with Crippen LogP contribution < -0.4 is 0 Å². The van der Waals surface area contributed by atoms with Gasteiger partial charge < -0.3 is 0 Å². The van der Waals surface area contributed by atoms with Crippen LogP contribution >= 0.6 is 0 Å². The molecule has 0 aromatic carbocycles. The molecule has 52 valence electrons. The van der Waals surface area contributed by atoms with E-state index in [-0.39, 0.29) is 0 Å². The molecule has 0 aromatic rings. The highest BCUT2D eigenvalue weighted by molar-refractivity contribution is 5.37. The van der Waals surface area contributed by atoms with E-state index < -0.39 is 5.54 Å². The maximum Gasteiger partial charge on any atom is 0.236 e. The maximum atomic E-state index is 9.87. The molecule has 3 nitrogen and oxygen atoms in total. The van der Waals surface area contributed by atoms with E-state index in [2.05, 4.69) is 4.99 Å². The van der Waals surface area contributed by atoms with Crippen molar-refractivity contribution in [3.63, 3.8) is 0 Å². The van der Waals surface area contributed by atoms with Gasteiger partial charge in [-0.2, -0.15) is 10.3 Å². The monoisotopic (exact) mass is 136 g/mol. The predicted octanol–water partition coefficient (Wildman–Crippen LogP) is 1.01. The first kappa shape index (κ1) is 6.98. The van der Waals surface area contributed by atoms with E-state index in [9.17, 15) is 4.79 Å². The molecule has 3 heteroatoms. The molecule has 0 aliphatic heterocycles. The number of nitrogens with zero attached hydrogens (tertiary/aromatic N) is 2. The Balaban J connectivity index is 2.77. The van der Waals surface area contributed by atoms with Crippen molar-refractivity contribution in [1.82, 2.24) is 0 Å². The van der Waals surface area contributed by atoms with Crippen molar-refractivity contribution >= 4 is 6.08 Å². The molecule has 1 aliphatic rings. The molecule has 0 saturated heterocycles. The first-order valence-corrected chi connectivity index (χ1v) is 3.23. The second-order valence-corrected chi connectivity index (χ2v) is 2.74. The summed E-state index contributed by atoms with van der Waals surface area (Å²) < 4.78 is 0. The Bertz CT molecular complexity index is 220. The highest BCUT2D eigenvalue weighted by Gasteiger charge is 2.42. The molecule has 1 rings (SSSR count). The summed E-state index contributed by atoms with van der Waals surface area (Å²) in [5.74, 6) is 0.291. The summed E-state index contributed by atoms with van der Waals surface area (Å²) in [4.78, 5) is 13.3. The number of carbonyl (C=O) groups excluding carboxylic acids is 1. The van der Waals surface area contributed by atoms with Crippen molar-refractivity contribution in [2.24, 2.45) is 10.9 Å². The van der Waals surface area contributed by atoms with Crippen LogP contribution in [0.25, 0.3) is 0 Å². The van der Waals surface area contributed by atoms with Gasteiger partial charge in [0.05, 0.1) is 6.07 Å². The Kier molecular flexibility index (Phi) is 1.57. The van der Waals surface area contributed by atoms with Gasteiger partial charge in [0.15, 0.2) is 5.54 Å². The molecular weight excluding hydrogens is 128 g/mol.